The van der Waals surface area contributed by atoms with Crippen LogP contribution in [0, 0.1) is 6.92 Å². The number of hydrogen-bond acceptors (Lipinski definition) is 8. The highest BCUT2D eigenvalue weighted by Gasteiger charge is 2.25. The van der Waals surface area contributed by atoms with Gasteiger partial charge in [-0.05, 0) is 19.1 Å². The summed E-state index contributed by atoms with van der Waals surface area (Å²) in [5.74, 6) is 0.527. The molecule has 3 N–H and O–H groups in total. The predicted octanol–water partition coefficient (Wildman–Crippen LogP) is 0.830. The fourth-order valence-corrected chi connectivity index (χ4v) is 3.17. The largest absolute Gasteiger partial charge is 0.490 e. The van der Waals surface area contributed by atoms with Crippen LogP contribution in [0.15, 0.2) is 23.1 Å². The standard InChI is InChI=1S/C14H16ClN5O5S/c1-8-17-12(19-14(18-8)24-2)9-4-3-5-10(11(9)25-7-6-15)26(22,23)20-13(16)21/h3-5H,6-7H2,1-2H3,(H3,16,20,21). The number of primary amides is 1. The number of methoxy groups -OCH3 is 1. The molecule has 1 heterocycles. The highest BCUT2D eigenvalue weighted by molar-refractivity contribution is 7.90. The summed E-state index contributed by atoms with van der Waals surface area (Å²) in [7, 11) is -2.88. The van der Waals surface area contributed by atoms with Crippen molar-refractivity contribution >= 4 is 27.7 Å². The number of alkyl halides is 1. The summed E-state index contributed by atoms with van der Waals surface area (Å²) in [5.41, 5.74) is 5.19. The first-order valence-electron chi connectivity index (χ1n) is 7.19. The first-order chi connectivity index (χ1) is 12.3. The quantitative estimate of drug-likeness (QED) is 0.648. The molecule has 1 aromatic carbocycles. The van der Waals surface area contributed by atoms with Crippen LogP contribution in [0.4, 0.5) is 4.79 Å². The van der Waals surface area contributed by atoms with Crippen molar-refractivity contribution in [3.8, 4) is 23.1 Å². The number of para-hydroxylation sites is 1. The van der Waals surface area contributed by atoms with Gasteiger partial charge in [-0.15, -0.1) is 11.6 Å². The lowest BCUT2D eigenvalue weighted by Crippen LogP contribution is -2.35. The van der Waals surface area contributed by atoms with Gasteiger partial charge in [0.15, 0.2) is 11.6 Å². The predicted molar refractivity (Wildman–Crippen MR) is 92.7 cm³/mol. The lowest BCUT2D eigenvalue weighted by molar-refractivity contribution is 0.253. The van der Waals surface area contributed by atoms with Crippen LogP contribution in [-0.4, -0.2) is 49.0 Å². The summed E-state index contributed by atoms with van der Waals surface area (Å²) in [4.78, 5) is 23.0. The second kappa shape index (κ2) is 8.15. The van der Waals surface area contributed by atoms with Crippen molar-refractivity contribution in [3.63, 3.8) is 0 Å². The SMILES string of the molecule is COc1nc(C)nc(-c2cccc(S(=O)(=O)NC(N)=O)c2OCCCl)n1. The third kappa shape index (κ3) is 4.49. The van der Waals surface area contributed by atoms with E-state index in [2.05, 4.69) is 15.0 Å². The van der Waals surface area contributed by atoms with Crippen LogP contribution in [0.25, 0.3) is 11.4 Å². The molecule has 140 valence electrons. The van der Waals surface area contributed by atoms with E-state index in [1.165, 1.54) is 19.2 Å². The van der Waals surface area contributed by atoms with Crippen molar-refractivity contribution in [2.45, 2.75) is 11.8 Å². The molecule has 0 bridgehead atoms. The smallest absolute Gasteiger partial charge is 0.326 e. The van der Waals surface area contributed by atoms with E-state index >= 15 is 0 Å². The summed E-state index contributed by atoms with van der Waals surface area (Å²) in [5, 5.41) is 0. The van der Waals surface area contributed by atoms with Crippen LogP contribution in [0.5, 0.6) is 11.8 Å². The molecular formula is C14H16ClN5O5S. The fraction of sp³-hybridized carbons (Fsp3) is 0.286. The number of rotatable bonds is 7. The molecule has 0 saturated heterocycles. The topological polar surface area (TPSA) is 146 Å². The van der Waals surface area contributed by atoms with Gasteiger partial charge in [-0.25, -0.2) is 22.9 Å². The highest BCUT2D eigenvalue weighted by Crippen LogP contribution is 2.34. The number of carbonyl (C=O) groups is 1. The van der Waals surface area contributed by atoms with E-state index in [1.807, 2.05) is 0 Å². The van der Waals surface area contributed by atoms with Crippen molar-refractivity contribution < 1.29 is 22.7 Å². The molecule has 2 amide bonds. The monoisotopic (exact) mass is 401 g/mol. The maximum absolute atomic E-state index is 12.4. The van der Waals surface area contributed by atoms with Crippen molar-refractivity contribution in [2.24, 2.45) is 5.73 Å². The van der Waals surface area contributed by atoms with E-state index in [-0.39, 0.29) is 40.5 Å². The van der Waals surface area contributed by atoms with Crippen molar-refractivity contribution in [1.29, 1.82) is 0 Å². The zero-order valence-corrected chi connectivity index (χ0v) is 15.5. The molecule has 1 aromatic heterocycles. The lowest BCUT2D eigenvalue weighted by atomic mass is 10.2. The molecule has 0 saturated carbocycles. The van der Waals surface area contributed by atoms with Crippen molar-refractivity contribution in [1.82, 2.24) is 19.7 Å². The Hall–Kier alpha value is -2.66. The van der Waals surface area contributed by atoms with E-state index in [9.17, 15) is 13.2 Å². The summed E-state index contributed by atoms with van der Waals surface area (Å²) >= 11 is 5.65. The molecule has 0 aliphatic heterocycles. The van der Waals surface area contributed by atoms with Gasteiger partial charge in [-0.1, -0.05) is 6.07 Å². The van der Waals surface area contributed by atoms with Crippen LogP contribution in [-0.2, 0) is 10.0 Å². The van der Waals surface area contributed by atoms with Gasteiger partial charge in [0.25, 0.3) is 10.0 Å². The molecule has 0 aliphatic rings. The average Bonchev–Trinajstić information content (AvgIpc) is 2.57. The molecule has 26 heavy (non-hydrogen) atoms. The molecule has 0 aliphatic carbocycles. The Morgan fingerprint density at radius 3 is 2.65 bits per heavy atom. The van der Waals surface area contributed by atoms with Crippen LogP contribution in [0.2, 0.25) is 0 Å². The summed E-state index contributed by atoms with van der Waals surface area (Å²) in [6.07, 6.45) is 0. The van der Waals surface area contributed by atoms with E-state index in [4.69, 9.17) is 26.8 Å². The van der Waals surface area contributed by atoms with E-state index in [0.717, 1.165) is 0 Å². The Morgan fingerprint density at radius 1 is 1.31 bits per heavy atom. The number of carbonyl (C=O) groups excluding carboxylic acids is 1. The Labute approximate surface area is 154 Å². The molecule has 12 heteroatoms. The highest BCUT2D eigenvalue weighted by atomic mass is 35.5. The number of aryl methyl sites for hydroxylation is 1. The zero-order valence-electron chi connectivity index (χ0n) is 13.9. The summed E-state index contributed by atoms with van der Waals surface area (Å²) in [6, 6.07) is 3.09. The van der Waals surface area contributed by atoms with Crippen LogP contribution in [0.1, 0.15) is 5.82 Å². The normalized spacial score (nSPS) is 11.0. The zero-order chi connectivity index (χ0) is 19.3. The molecule has 2 rings (SSSR count). The maximum Gasteiger partial charge on any atom is 0.326 e. The summed E-state index contributed by atoms with van der Waals surface area (Å²) < 4.78 is 37.0. The molecule has 0 unspecified atom stereocenters. The minimum absolute atomic E-state index is 0.0128. The molecular weight excluding hydrogens is 386 g/mol. The molecule has 0 fully saturated rings. The molecule has 10 nitrogen and oxygen atoms in total. The number of ether oxygens (including phenoxy) is 2. The minimum Gasteiger partial charge on any atom is -0.490 e. The Balaban J connectivity index is 2.69. The fourth-order valence-electron chi connectivity index (χ4n) is 2.05. The van der Waals surface area contributed by atoms with E-state index < -0.39 is 16.1 Å². The van der Waals surface area contributed by atoms with Crippen molar-refractivity contribution in [2.75, 3.05) is 19.6 Å². The first-order valence-corrected chi connectivity index (χ1v) is 9.21. The first kappa shape index (κ1) is 19.7. The van der Waals surface area contributed by atoms with Gasteiger partial charge in [0.1, 0.15) is 17.3 Å². The third-order valence-electron chi connectivity index (χ3n) is 2.98. The molecule has 2 aromatic rings. The van der Waals surface area contributed by atoms with Gasteiger partial charge in [-0.3, -0.25) is 0 Å². The molecule has 0 spiro atoms. The number of aromatic nitrogens is 3. The van der Waals surface area contributed by atoms with Gasteiger partial charge in [0.2, 0.25) is 0 Å². The van der Waals surface area contributed by atoms with E-state index in [1.54, 1.807) is 17.7 Å². The number of nitrogens with one attached hydrogen (secondary N) is 1. The Kier molecular flexibility index (Phi) is 6.16. The Bertz CT molecular complexity index is 922. The lowest BCUT2D eigenvalue weighted by Gasteiger charge is -2.15. The van der Waals surface area contributed by atoms with Crippen LogP contribution >= 0.6 is 11.6 Å². The maximum atomic E-state index is 12.4. The van der Waals surface area contributed by atoms with Crippen molar-refractivity contribution in [3.05, 3.63) is 24.0 Å². The average molecular weight is 402 g/mol. The number of benzene rings is 1. The number of halogens is 1. The number of nitrogens with zero attached hydrogens (tertiary/aromatic N) is 3. The van der Waals surface area contributed by atoms with Gasteiger partial charge in [0, 0.05) is 0 Å². The number of urea groups is 1. The third-order valence-corrected chi connectivity index (χ3v) is 4.50. The second-order valence-corrected chi connectivity index (χ2v) is 6.86. The van der Waals surface area contributed by atoms with Crippen LogP contribution in [0.3, 0.4) is 0 Å². The summed E-state index contributed by atoms with van der Waals surface area (Å²) in [6.45, 7) is 1.64. The minimum atomic E-state index is -4.27. The van der Waals surface area contributed by atoms with Gasteiger partial charge >= 0.3 is 12.0 Å². The number of hydrogen-bond donors (Lipinski definition) is 2. The van der Waals surface area contributed by atoms with Gasteiger partial charge < -0.3 is 15.2 Å². The molecule has 0 radical (unpaired) electrons. The molecule has 0 atom stereocenters. The second-order valence-electron chi connectivity index (χ2n) is 4.83. The number of nitrogens with two attached hydrogens (primary N) is 1. The Morgan fingerprint density at radius 2 is 2.04 bits per heavy atom. The van der Waals surface area contributed by atoms with Gasteiger partial charge in [-0.2, -0.15) is 9.97 Å². The van der Waals surface area contributed by atoms with E-state index in [0.29, 0.717) is 5.82 Å². The number of sulfonamides is 1. The number of amides is 2. The van der Waals surface area contributed by atoms with Crippen LogP contribution < -0.4 is 19.9 Å². The van der Waals surface area contributed by atoms with Gasteiger partial charge in [0.05, 0.1) is 18.6 Å².